The maximum atomic E-state index is 6.28. The zero-order valence-corrected chi connectivity index (χ0v) is 13.7. The monoisotopic (exact) mass is 353 g/mol. The van der Waals surface area contributed by atoms with Crippen LogP contribution in [0.25, 0.3) is 0 Å². The fraction of sp³-hybridized carbons (Fsp3) is 0.250. The molecule has 0 aromatic heterocycles. The number of hydrogen-bond donors (Lipinski definition) is 1. The molecule has 2 nitrogen and oxygen atoms in total. The lowest BCUT2D eigenvalue weighted by molar-refractivity contribution is 0.409. The molecule has 0 atom stereocenters. The van der Waals surface area contributed by atoms with E-state index in [1.165, 1.54) is 0 Å². The molecule has 0 spiro atoms. The Labute approximate surface area is 133 Å². The van der Waals surface area contributed by atoms with Gasteiger partial charge in [0.25, 0.3) is 0 Å². The minimum absolute atomic E-state index is 0.505. The Bertz CT molecular complexity index is 601. The third-order valence-electron chi connectivity index (χ3n) is 3.32. The summed E-state index contributed by atoms with van der Waals surface area (Å²) in [6, 6.07) is 11.9. The molecule has 4 heteroatoms. The van der Waals surface area contributed by atoms with E-state index in [0.29, 0.717) is 6.54 Å². The first-order chi connectivity index (χ1) is 9.65. The van der Waals surface area contributed by atoms with E-state index in [4.69, 9.17) is 22.1 Å². The summed E-state index contributed by atoms with van der Waals surface area (Å²) < 4.78 is 6.44. The Balaban J connectivity index is 2.23. The molecule has 0 aliphatic heterocycles. The molecule has 0 amide bonds. The van der Waals surface area contributed by atoms with Crippen molar-refractivity contribution >= 4 is 27.5 Å². The summed E-state index contributed by atoms with van der Waals surface area (Å²) >= 11 is 9.78. The van der Waals surface area contributed by atoms with Crippen LogP contribution in [0.5, 0.6) is 5.75 Å². The van der Waals surface area contributed by atoms with Crippen LogP contribution in [0.3, 0.4) is 0 Å². The second kappa shape index (κ2) is 7.11. The van der Waals surface area contributed by atoms with Gasteiger partial charge in [-0.15, -0.1) is 0 Å². The molecule has 0 radical (unpaired) electrons. The minimum atomic E-state index is 0.505. The number of aryl methyl sites for hydroxylation is 1. The van der Waals surface area contributed by atoms with E-state index in [9.17, 15) is 0 Å². The standard InChI is InChI=1S/C16H17BrClNO/c1-20-16-8-6-13(17)9-11(16)5-7-14-12(10-19)3-2-4-15(14)18/h2-4,6,8-9H,5,7,10,19H2,1H3. The third-order valence-corrected chi connectivity index (χ3v) is 4.17. The van der Waals surface area contributed by atoms with Gasteiger partial charge in [-0.05, 0) is 53.8 Å². The van der Waals surface area contributed by atoms with Crippen molar-refractivity contribution in [3.05, 3.63) is 62.6 Å². The van der Waals surface area contributed by atoms with Crippen molar-refractivity contribution in [2.75, 3.05) is 7.11 Å². The SMILES string of the molecule is COc1ccc(Br)cc1CCc1c(Cl)cccc1CN. The average Bonchev–Trinajstić information content (AvgIpc) is 2.46. The first kappa shape index (κ1) is 15.4. The van der Waals surface area contributed by atoms with E-state index >= 15 is 0 Å². The summed E-state index contributed by atoms with van der Waals surface area (Å²) in [4.78, 5) is 0. The number of benzene rings is 2. The number of ether oxygens (including phenoxy) is 1. The number of hydrogen-bond acceptors (Lipinski definition) is 2. The highest BCUT2D eigenvalue weighted by atomic mass is 79.9. The fourth-order valence-electron chi connectivity index (χ4n) is 2.28. The summed E-state index contributed by atoms with van der Waals surface area (Å²) in [5.74, 6) is 0.898. The zero-order valence-electron chi connectivity index (χ0n) is 11.3. The number of nitrogens with two attached hydrogens (primary N) is 1. The zero-order chi connectivity index (χ0) is 14.5. The topological polar surface area (TPSA) is 35.2 Å². The molecule has 0 aliphatic carbocycles. The predicted octanol–water partition coefficient (Wildman–Crippen LogP) is 4.36. The Morgan fingerprint density at radius 1 is 1.15 bits per heavy atom. The van der Waals surface area contributed by atoms with Crippen LogP contribution in [0.4, 0.5) is 0 Å². The molecule has 0 saturated carbocycles. The van der Waals surface area contributed by atoms with Crippen LogP contribution in [-0.2, 0) is 19.4 Å². The van der Waals surface area contributed by atoms with Gasteiger partial charge in [0.15, 0.2) is 0 Å². The summed E-state index contributed by atoms with van der Waals surface area (Å²) in [6.45, 7) is 0.505. The fourth-order valence-corrected chi connectivity index (χ4v) is 2.97. The molecular weight excluding hydrogens is 338 g/mol. The summed E-state index contributed by atoms with van der Waals surface area (Å²) in [6.07, 6.45) is 1.71. The molecule has 0 bridgehead atoms. The summed E-state index contributed by atoms with van der Waals surface area (Å²) in [5, 5.41) is 0.780. The van der Waals surface area contributed by atoms with Gasteiger partial charge in [-0.25, -0.2) is 0 Å². The third kappa shape index (κ3) is 3.54. The Morgan fingerprint density at radius 3 is 2.65 bits per heavy atom. The van der Waals surface area contributed by atoms with E-state index in [1.54, 1.807) is 7.11 Å². The molecule has 0 fully saturated rings. The van der Waals surface area contributed by atoms with Gasteiger partial charge in [-0.1, -0.05) is 39.7 Å². The van der Waals surface area contributed by atoms with E-state index in [-0.39, 0.29) is 0 Å². The van der Waals surface area contributed by atoms with E-state index in [1.807, 2.05) is 30.3 Å². The molecule has 2 rings (SSSR count). The summed E-state index contributed by atoms with van der Waals surface area (Å²) in [7, 11) is 1.69. The summed E-state index contributed by atoms with van der Waals surface area (Å²) in [5.41, 5.74) is 9.16. The van der Waals surface area contributed by atoms with Gasteiger partial charge in [-0.2, -0.15) is 0 Å². The number of halogens is 2. The van der Waals surface area contributed by atoms with Crippen LogP contribution in [0, 0.1) is 0 Å². The Morgan fingerprint density at radius 2 is 1.95 bits per heavy atom. The van der Waals surface area contributed by atoms with Crippen molar-refractivity contribution in [1.29, 1.82) is 0 Å². The molecule has 2 N–H and O–H groups in total. The van der Waals surface area contributed by atoms with Crippen LogP contribution >= 0.6 is 27.5 Å². The van der Waals surface area contributed by atoms with Gasteiger partial charge in [-0.3, -0.25) is 0 Å². The average molecular weight is 355 g/mol. The van der Waals surface area contributed by atoms with Crippen molar-refractivity contribution in [2.24, 2.45) is 5.73 Å². The van der Waals surface area contributed by atoms with Crippen LogP contribution in [0.2, 0.25) is 5.02 Å². The Kier molecular flexibility index (Phi) is 5.46. The normalized spacial score (nSPS) is 10.6. The van der Waals surface area contributed by atoms with Gasteiger partial charge in [0.2, 0.25) is 0 Å². The maximum absolute atomic E-state index is 6.28. The van der Waals surface area contributed by atoms with Crippen LogP contribution in [0.1, 0.15) is 16.7 Å². The molecule has 20 heavy (non-hydrogen) atoms. The van der Waals surface area contributed by atoms with Crippen LogP contribution in [0.15, 0.2) is 40.9 Å². The minimum Gasteiger partial charge on any atom is -0.496 e. The van der Waals surface area contributed by atoms with E-state index < -0.39 is 0 Å². The first-order valence-corrected chi connectivity index (χ1v) is 7.61. The number of rotatable bonds is 5. The van der Waals surface area contributed by atoms with Gasteiger partial charge >= 0.3 is 0 Å². The molecule has 2 aromatic carbocycles. The predicted molar refractivity (Wildman–Crippen MR) is 87.4 cm³/mol. The number of methoxy groups -OCH3 is 1. The quantitative estimate of drug-likeness (QED) is 0.866. The van der Waals surface area contributed by atoms with Crippen molar-refractivity contribution in [1.82, 2.24) is 0 Å². The molecule has 2 aromatic rings. The second-order valence-corrected chi connectivity index (χ2v) is 5.86. The smallest absolute Gasteiger partial charge is 0.122 e. The highest BCUT2D eigenvalue weighted by Gasteiger charge is 2.09. The molecule has 0 saturated heterocycles. The van der Waals surface area contributed by atoms with Crippen LogP contribution < -0.4 is 10.5 Å². The van der Waals surface area contributed by atoms with Crippen molar-refractivity contribution in [3.8, 4) is 5.75 Å². The van der Waals surface area contributed by atoms with E-state index in [2.05, 4.69) is 22.0 Å². The van der Waals surface area contributed by atoms with Crippen molar-refractivity contribution < 1.29 is 4.74 Å². The largest absolute Gasteiger partial charge is 0.496 e. The lowest BCUT2D eigenvalue weighted by Crippen LogP contribution is -2.04. The lowest BCUT2D eigenvalue weighted by Gasteiger charge is -2.12. The molecular formula is C16H17BrClNO. The lowest BCUT2D eigenvalue weighted by atomic mass is 9.99. The molecule has 106 valence electrons. The van der Waals surface area contributed by atoms with Gasteiger partial charge in [0, 0.05) is 16.0 Å². The van der Waals surface area contributed by atoms with Gasteiger partial charge in [0.1, 0.15) is 5.75 Å². The first-order valence-electron chi connectivity index (χ1n) is 6.44. The van der Waals surface area contributed by atoms with Crippen molar-refractivity contribution in [2.45, 2.75) is 19.4 Å². The Hall–Kier alpha value is -1.03. The molecule has 0 unspecified atom stereocenters. The van der Waals surface area contributed by atoms with Gasteiger partial charge < -0.3 is 10.5 Å². The van der Waals surface area contributed by atoms with Crippen LogP contribution in [-0.4, -0.2) is 7.11 Å². The van der Waals surface area contributed by atoms with E-state index in [0.717, 1.165) is 44.8 Å². The highest BCUT2D eigenvalue weighted by molar-refractivity contribution is 9.10. The maximum Gasteiger partial charge on any atom is 0.122 e. The van der Waals surface area contributed by atoms with Crippen molar-refractivity contribution in [3.63, 3.8) is 0 Å². The van der Waals surface area contributed by atoms with Gasteiger partial charge in [0.05, 0.1) is 7.11 Å². The molecule has 0 heterocycles. The molecule has 0 aliphatic rings. The second-order valence-electron chi connectivity index (χ2n) is 4.54. The highest BCUT2D eigenvalue weighted by Crippen LogP contribution is 2.27.